The second-order valence-electron chi connectivity index (χ2n) is 16.8. The van der Waals surface area contributed by atoms with Crippen LogP contribution in [0.5, 0.6) is 0 Å². The summed E-state index contributed by atoms with van der Waals surface area (Å²) in [5.41, 5.74) is -0.564. The van der Waals surface area contributed by atoms with E-state index in [0.29, 0.717) is 6.42 Å². The van der Waals surface area contributed by atoms with Gasteiger partial charge in [-0.3, -0.25) is 14.4 Å². The van der Waals surface area contributed by atoms with E-state index in [4.69, 9.17) is 23.1 Å². The number of cyclic esters (lactones) is 1. The first-order chi connectivity index (χ1) is 24.0. The molecular formula is C41H74O9Si2. The van der Waals surface area contributed by atoms with Gasteiger partial charge in [0.1, 0.15) is 17.8 Å². The lowest BCUT2D eigenvalue weighted by atomic mass is 9.88. The second kappa shape index (κ2) is 21.1. The molecule has 0 aromatic heterocycles. The predicted molar refractivity (Wildman–Crippen MR) is 215 cm³/mol. The largest absolute Gasteiger partial charge is 0.465 e. The monoisotopic (exact) mass is 766 g/mol. The molecular weight excluding hydrogens is 693 g/mol. The van der Waals surface area contributed by atoms with Crippen molar-refractivity contribution in [1.82, 2.24) is 0 Å². The zero-order valence-corrected chi connectivity index (χ0v) is 37.3. The summed E-state index contributed by atoms with van der Waals surface area (Å²) in [4.78, 5) is 38.6. The van der Waals surface area contributed by atoms with Crippen LogP contribution in [-0.2, 0) is 37.4 Å². The van der Waals surface area contributed by atoms with Crippen molar-refractivity contribution in [1.29, 1.82) is 0 Å². The zero-order valence-electron chi connectivity index (χ0n) is 35.3. The van der Waals surface area contributed by atoms with Crippen LogP contribution in [0.25, 0.3) is 0 Å². The van der Waals surface area contributed by atoms with Crippen molar-refractivity contribution >= 4 is 34.5 Å². The van der Waals surface area contributed by atoms with Crippen LogP contribution >= 0.6 is 0 Å². The molecule has 0 spiro atoms. The first-order valence-corrected chi connectivity index (χ1v) is 25.1. The van der Waals surface area contributed by atoms with E-state index < -0.39 is 46.5 Å². The van der Waals surface area contributed by atoms with Gasteiger partial charge in [-0.2, -0.15) is 0 Å². The highest BCUT2D eigenvalue weighted by molar-refractivity contribution is 6.74. The molecule has 0 bridgehead atoms. The number of ether oxygens (including phenoxy) is 3. The molecule has 1 N–H and O–H groups in total. The fraction of sp³-hybridized carbons (Fsp3) is 0.780. The van der Waals surface area contributed by atoms with Crippen LogP contribution in [0.3, 0.4) is 0 Å². The number of carbonyl (C=O) groups excluding carboxylic acids is 3. The Morgan fingerprint density at radius 1 is 1.08 bits per heavy atom. The van der Waals surface area contributed by atoms with E-state index in [1.54, 1.807) is 13.0 Å². The summed E-state index contributed by atoms with van der Waals surface area (Å²) in [7, 11) is -4.13. The standard InChI is InChI=1S/C41H74O9Si2/c1-16-35(50-52(17-2,18-3)19-4)32(8)39(44)46-28-29(5)21-20-22-30(6)38-31(7)23-24-36(47-33(9)42)41(13,45)26-25-34(27-37(43)48-38)49-51(14,15)40(10,11)12/h20-24,29,31-32,34-36,38,45H,16-19,25-28H2,1-15H3/b21-20+,24-23+,30-22+/t29-,31+,32-,34-,35+,36+,38-,41-/m1/s1. The molecule has 0 amide bonds. The molecule has 0 aromatic carbocycles. The summed E-state index contributed by atoms with van der Waals surface area (Å²) in [6.07, 6.45) is 8.63. The fourth-order valence-corrected chi connectivity index (χ4v) is 10.6. The summed E-state index contributed by atoms with van der Waals surface area (Å²) >= 11 is 0. The van der Waals surface area contributed by atoms with Gasteiger partial charge >= 0.3 is 17.9 Å². The van der Waals surface area contributed by atoms with Gasteiger partial charge in [0, 0.05) is 18.8 Å². The first-order valence-electron chi connectivity index (χ1n) is 19.6. The third kappa shape index (κ3) is 15.0. The molecule has 52 heavy (non-hydrogen) atoms. The van der Waals surface area contributed by atoms with Gasteiger partial charge in [-0.25, -0.2) is 0 Å². The van der Waals surface area contributed by atoms with Crippen molar-refractivity contribution in [2.75, 3.05) is 6.61 Å². The second-order valence-corrected chi connectivity index (χ2v) is 26.3. The minimum Gasteiger partial charge on any atom is -0.465 e. The summed E-state index contributed by atoms with van der Waals surface area (Å²) in [6.45, 7) is 30.3. The molecule has 0 aromatic rings. The van der Waals surface area contributed by atoms with E-state index in [-0.39, 0.29) is 60.3 Å². The smallest absolute Gasteiger partial charge is 0.311 e. The molecule has 1 heterocycles. The van der Waals surface area contributed by atoms with Crippen molar-refractivity contribution in [3.63, 3.8) is 0 Å². The number of esters is 3. The van der Waals surface area contributed by atoms with Gasteiger partial charge in [0.2, 0.25) is 0 Å². The molecule has 1 rings (SSSR count). The van der Waals surface area contributed by atoms with Gasteiger partial charge in [-0.15, -0.1) is 0 Å². The van der Waals surface area contributed by atoms with Gasteiger partial charge in [-0.05, 0) is 87.9 Å². The van der Waals surface area contributed by atoms with Crippen LogP contribution in [0.4, 0.5) is 0 Å². The maximum absolute atomic E-state index is 13.5. The molecule has 0 fully saturated rings. The summed E-state index contributed by atoms with van der Waals surface area (Å²) < 4.78 is 30.8. The van der Waals surface area contributed by atoms with Crippen molar-refractivity contribution in [2.24, 2.45) is 17.8 Å². The first kappa shape index (κ1) is 48.0. The average molecular weight is 767 g/mol. The Morgan fingerprint density at radius 2 is 1.67 bits per heavy atom. The molecule has 1 aliphatic heterocycles. The molecule has 300 valence electrons. The highest BCUT2D eigenvalue weighted by Gasteiger charge is 2.42. The Kier molecular flexibility index (Phi) is 19.5. The van der Waals surface area contributed by atoms with Gasteiger partial charge < -0.3 is 28.2 Å². The molecule has 0 saturated heterocycles. The molecule has 11 heteroatoms. The Morgan fingerprint density at radius 3 is 2.19 bits per heavy atom. The SMILES string of the molecule is CC[C@H](O[Si](CC)(CC)CC)[C@@H](C)C(=O)OC[C@H](C)/C=C/C=C(\C)[C@H]1OC(=O)C[C@H](O[Si](C)(C)C(C)(C)C)CC[C@@](C)(O)[C@@H](OC(C)=O)/C=C/[C@@H]1C. The Hall–Kier alpha value is -2.06. The number of carbonyl (C=O) groups is 3. The number of rotatable bonds is 16. The summed E-state index contributed by atoms with van der Waals surface area (Å²) in [6, 6.07) is 3.10. The lowest BCUT2D eigenvalue weighted by Crippen LogP contribution is -2.46. The Labute approximate surface area is 318 Å². The molecule has 0 unspecified atom stereocenters. The molecule has 8 atom stereocenters. The summed E-state index contributed by atoms with van der Waals surface area (Å²) in [5.74, 6) is -1.80. The fourth-order valence-electron chi connectivity index (χ4n) is 6.22. The van der Waals surface area contributed by atoms with Crippen molar-refractivity contribution in [3.8, 4) is 0 Å². The number of aliphatic hydroxyl groups is 1. The molecule has 0 aliphatic carbocycles. The van der Waals surface area contributed by atoms with Crippen LogP contribution in [0.15, 0.2) is 36.0 Å². The maximum atomic E-state index is 13.5. The normalized spacial score (nSPS) is 26.8. The molecule has 0 saturated carbocycles. The van der Waals surface area contributed by atoms with E-state index in [9.17, 15) is 19.5 Å². The van der Waals surface area contributed by atoms with E-state index >= 15 is 0 Å². The Balaban J connectivity index is 3.22. The average Bonchev–Trinajstić information content (AvgIpc) is 3.06. The maximum Gasteiger partial charge on any atom is 0.311 e. The molecule has 0 radical (unpaired) electrons. The third-order valence-electron chi connectivity index (χ3n) is 11.3. The van der Waals surface area contributed by atoms with Crippen LogP contribution < -0.4 is 0 Å². The van der Waals surface area contributed by atoms with Gasteiger partial charge in [0.15, 0.2) is 16.6 Å². The predicted octanol–water partition coefficient (Wildman–Crippen LogP) is 9.47. The zero-order chi connectivity index (χ0) is 40.1. The van der Waals surface area contributed by atoms with Crippen molar-refractivity contribution in [2.45, 2.75) is 182 Å². The quantitative estimate of drug-likeness (QED) is 0.0539. The number of hydrogen-bond donors (Lipinski definition) is 1. The van der Waals surface area contributed by atoms with E-state index in [1.807, 2.05) is 52.0 Å². The minimum absolute atomic E-state index is 0.0418. The van der Waals surface area contributed by atoms with Crippen LogP contribution in [0.1, 0.15) is 116 Å². The van der Waals surface area contributed by atoms with Crippen LogP contribution in [0, 0.1) is 17.8 Å². The topological polar surface area (TPSA) is 118 Å². The minimum atomic E-state index is -2.27. The van der Waals surface area contributed by atoms with Crippen molar-refractivity contribution in [3.05, 3.63) is 36.0 Å². The molecule has 1 aliphatic rings. The van der Waals surface area contributed by atoms with Gasteiger partial charge in [0.05, 0.1) is 31.2 Å². The highest BCUT2D eigenvalue weighted by Crippen LogP contribution is 2.39. The van der Waals surface area contributed by atoms with Gasteiger partial charge in [0.25, 0.3) is 0 Å². The van der Waals surface area contributed by atoms with Crippen molar-refractivity contribution < 1.29 is 42.6 Å². The van der Waals surface area contributed by atoms with Crippen LogP contribution in [0.2, 0.25) is 36.3 Å². The van der Waals surface area contributed by atoms with E-state index in [2.05, 4.69) is 61.6 Å². The lowest BCUT2D eigenvalue weighted by molar-refractivity contribution is -0.157. The molecule has 9 nitrogen and oxygen atoms in total. The number of allylic oxidation sites excluding steroid dienone is 2. The third-order valence-corrected chi connectivity index (χ3v) is 20.5. The Bertz CT molecular complexity index is 1220. The lowest BCUT2D eigenvalue weighted by Gasteiger charge is -2.40. The van der Waals surface area contributed by atoms with Crippen LogP contribution in [-0.4, -0.2) is 76.3 Å². The summed E-state index contributed by atoms with van der Waals surface area (Å²) in [5, 5.41) is 11.4. The van der Waals surface area contributed by atoms with E-state index in [1.165, 1.54) is 6.92 Å². The highest BCUT2D eigenvalue weighted by atomic mass is 28.4. The number of hydrogen-bond acceptors (Lipinski definition) is 9. The van der Waals surface area contributed by atoms with Gasteiger partial charge in [-0.1, -0.05) is 86.6 Å². The van der Waals surface area contributed by atoms with E-state index in [0.717, 1.165) is 30.1 Å².